The number of aliphatic hydroxyl groups is 7. The standard InChI is InChI=1S/C55H90O15/c1-3-5-7-9-11-13-15-17-19-20-21-22-24-25-27-29-31-33-35-37-46(57)65-40-43(68-47(58)38-36-34-32-30-28-26-23-18-16-14-12-10-8-6-4-2)41-66-54-53(64)51(62)49(60)45(70-54)42-67-55-52(63)50(61)48(59)44(39-56)69-55/h5,7,11,13-14,16-17,19,21-22,25,27,31,33,43-45,48-56,59-64H,3-4,6,8-10,12,15,18,20,23-24,26,28-30,32,34-42H2,1-2H3/b7-5+,13-11+,16-14+,19-17+,22-21+,27-25+,33-31+/t43-,44+,45+,48-,49-,50?,51?,52?,53?,54+,55+/m0/s1. The highest BCUT2D eigenvalue weighted by atomic mass is 16.7. The second-order valence-electron chi connectivity index (χ2n) is 18.0. The molecule has 0 spiro atoms. The lowest BCUT2D eigenvalue weighted by molar-refractivity contribution is -0.332. The number of rotatable bonds is 39. The van der Waals surface area contributed by atoms with Gasteiger partial charge in [0.2, 0.25) is 0 Å². The fraction of sp³-hybridized carbons (Fsp3) is 0.709. The third-order valence-electron chi connectivity index (χ3n) is 11.9. The number of ether oxygens (including phenoxy) is 6. The number of carbonyl (C=O) groups is 2. The van der Waals surface area contributed by atoms with Crippen molar-refractivity contribution in [1.82, 2.24) is 0 Å². The summed E-state index contributed by atoms with van der Waals surface area (Å²) in [6.07, 6.45) is 33.3. The van der Waals surface area contributed by atoms with E-state index in [1.807, 2.05) is 12.2 Å². The van der Waals surface area contributed by atoms with Crippen LogP contribution >= 0.6 is 0 Å². The van der Waals surface area contributed by atoms with Gasteiger partial charge in [-0.15, -0.1) is 0 Å². The highest BCUT2D eigenvalue weighted by Crippen LogP contribution is 2.26. The molecular weight excluding hydrogens is 901 g/mol. The van der Waals surface area contributed by atoms with Gasteiger partial charge in [-0.05, 0) is 77.0 Å². The van der Waals surface area contributed by atoms with E-state index in [1.165, 1.54) is 38.5 Å². The third-order valence-corrected chi connectivity index (χ3v) is 11.9. The number of aliphatic hydroxyl groups excluding tert-OH is 7. The van der Waals surface area contributed by atoms with Crippen LogP contribution in [-0.4, -0.2) is 142 Å². The molecule has 7 N–H and O–H groups in total. The first kappa shape index (κ1) is 62.8. The van der Waals surface area contributed by atoms with E-state index in [-0.39, 0.29) is 19.4 Å². The molecule has 400 valence electrons. The summed E-state index contributed by atoms with van der Waals surface area (Å²) in [6.45, 7) is 2.36. The van der Waals surface area contributed by atoms with Gasteiger partial charge in [0, 0.05) is 12.8 Å². The third kappa shape index (κ3) is 28.7. The molecule has 0 aromatic rings. The van der Waals surface area contributed by atoms with Gasteiger partial charge in [-0.3, -0.25) is 9.59 Å². The van der Waals surface area contributed by atoms with E-state index in [9.17, 15) is 45.3 Å². The Balaban J connectivity index is 1.84. The quantitative estimate of drug-likeness (QED) is 0.0179. The van der Waals surface area contributed by atoms with Gasteiger partial charge in [-0.25, -0.2) is 0 Å². The van der Waals surface area contributed by atoms with Crippen LogP contribution in [0.1, 0.15) is 155 Å². The number of unbranched alkanes of at least 4 members (excludes halogenated alkanes) is 11. The lowest BCUT2D eigenvalue weighted by Crippen LogP contribution is -2.61. The molecule has 11 atom stereocenters. The maximum atomic E-state index is 13.0. The molecule has 0 aromatic carbocycles. The molecule has 2 fully saturated rings. The molecule has 0 amide bonds. The summed E-state index contributed by atoms with van der Waals surface area (Å²) in [7, 11) is 0. The van der Waals surface area contributed by atoms with Crippen molar-refractivity contribution in [2.75, 3.05) is 26.4 Å². The lowest BCUT2D eigenvalue weighted by atomic mass is 9.98. The average molecular weight is 991 g/mol. The first-order chi connectivity index (χ1) is 34.0. The summed E-state index contributed by atoms with van der Waals surface area (Å²) in [5.74, 6) is -1.03. The summed E-state index contributed by atoms with van der Waals surface area (Å²) in [5, 5.41) is 72.1. The van der Waals surface area contributed by atoms with Crippen LogP contribution in [0.5, 0.6) is 0 Å². The highest BCUT2D eigenvalue weighted by Gasteiger charge is 2.47. The van der Waals surface area contributed by atoms with E-state index in [0.29, 0.717) is 12.8 Å². The topological polar surface area (TPSA) is 231 Å². The second-order valence-corrected chi connectivity index (χ2v) is 18.0. The van der Waals surface area contributed by atoms with E-state index in [4.69, 9.17) is 28.4 Å². The molecule has 2 aliphatic rings. The molecule has 2 rings (SSSR count). The van der Waals surface area contributed by atoms with Crippen LogP contribution < -0.4 is 0 Å². The van der Waals surface area contributed by atoms with Gasteiger partial charge in [0.25, 0.3) is 0 Å². The SMILES string of the molecule is CC/C=C/C/C=C/C/C=C/C/C=C/C/C=C/C/C=C/CCC(=O)OC[C@@H](CO[C@@H]1O[C@H](CO[C@@H]2O[C@H](CO)[C@H](O)C(O)C2O)[C@H](O)C(O)C1O)OC(=O)CCCCCCCCC/C=C/CCCCCC. The number of carbonyl (C=O) groups excluding carboxylic acids is 2. The van der Waals surface area contributed by atoms with E-state index in [1.54, 1.807) is 0 Å². The van der Waals surface area contributed by atoms with E-state index in [0.717, 1.165) is 77.0 Å². The zero-order valence-corrected chi connectivity index (χ0v) is 42.2. The smallest absolute Gasteiger partial charge is 0.306 e. The van der Waals surface area contributed by atoms with Crippen molar-refractivity contribution in [3.05, 3.63) is 85.1 Å². The first-order valence-corrected chi connectivity index (χ1v) is 26.2. The molecule has 15 heteroatoms. The Morgan fingerprint density at radius 1 is 0.471 bits per heavy atom. The summed E-state index contributed by atoms with van der Waals surface area (Å²) >= 11 is 0. The van der Waals surface area contributed by atoms with Crippen molar-refractivity contribution in [3.8, 4) is 0 Å². The fourth-order valence-corrected chi connectivity index (χ4v) is 7.59. The molecule has 0 aromatic heterocycles. The molecule has 2 aliphatic heterocycles. The van der Waals surface area contributed by atoms with Crippen LogP contribution in [0.25, 0.3) is 0 Å². The van der Waals surface area contributed by atoms with Crippen LogP contribution in [0.2, 0.25) is 0 Å². The van der Waals surface area contributed by atoms with Gasteiger partial charge >= 0.3 is 11.9 Å². The van der Waals surface area contributed by atoms with Gasteiger partial charge in [0.05, 0.1) is 19.8 Å². The maximum Gasteiger partial charge on any atom is 0.306 e. The molecule has 0 aliphatic carbocycles. The average Bonchev–Trinajstić information content (AvgIpc) is 3.35. The van der Waals surface area contributed by atoms with Crippen LogP contribution in [0, 0.1) is 0 Å². The normalized spacial score (nSPS) is 26.1. The minimum Gasteiger partial charge on any atom is -0.462 e. The van der Waals surface area contributed by atoms with Crippen molar-refractivity contribution >= 4 is 11.9 Å². The molecule has 4 unspecified atom stereocenters. The Kier molecular flexibility index (Phi) is 36.9. The molecule has 0 radical (unpaired) electrons. The minimum absolute atomic E-state index is 0.0875. The maximum absolute atomic E-state index is 13.0. The summed E-state index contributed by atoms with van der Waals surface area (Å²) in [4.78, 5) is 25.7. The molecule has 70 heavy (non-hydrogen) atoms. The minimum atomic E-state index is -1.78. The molecule has 2 saturated heterocycles. The molecule has 15 nitrogen and oxygen atoms in total. The Bertz CT molecular complexity index is 1540. The van der Waals surface area contributed by atoms with Crippen molar-refractivity contribution in [2.45, 2.75) is 223 Å². The number of esters is 2. The largest absolute Gasteiger partial charge is 0.462 e. The number of hydrogen-bond donors (Lipinski definition) is 7. The fourth-order valence-electron chi connectivity index (χ4n) is 7.59. The van der Waals surface area contributed by atoms with Gasteiger partial charge in [0.1, 0.15) is 55.4 Å². The zero-order chi connectivity index (χ0) is 51.0. The summed E-state index contributed by atoms with van der Waals surface area (Å²) in [6, 6.07) is 0. The highest BCUT2D eigenvalue weighted by molar-refractivity contribution is 5.70. The molecular formula is C55H90O15. The predicted molar refractivity (Wildman–Crippen MR) is 270 cm³/mol. The van der Waals surface area contributed by atoms with Crippen LogP contribution in [0.3, 0.4) is 0 Å². The van der Waals surface area contributed by atoms with E-state index in [2.05, 4.69) is 86.8 Å². The number of hydrogen-bond acceptors (Lipinski definition) is 15. The molecule has 0 saturated carbocycles. The van der Waals surface area contributed by atoms with Gasteiger partial charge in [-0.1, -0.05) is 150 Å². The zero-order valence-electron chi connectivity index (χ0n) is 42.2. The Morgan fingerprint density at radius 3 is 1.47 bits per heavy atom. The van der Waals surface area contributed by atoms with E-state index < -0.39 is 99.3 Å². The second kappa shape index (κ2) is 41.2. The van der Waals surface area contributed by atoms with Gasteiger partial charge in [0.15, 0.2) is 18.7 Å². The summed E-state index contributed by atoms with van der Waals surface area (Å²) < 4.78 is 33.5. The molecule has 0 bridgehead atoms. The molecule has 2 heterocycles. The lowest BCUT2D eigenvalue weighted by Gasteiger charge is -2.42. The van der Waals surface area contributed by atoms with Gasteiger partial charge < -0.3 is 64.2 Å². The summed E-state index contributed by atoms with van der Waals surface area (Å²) in [5.41, 5.74) is 0. The van der Waals surface area contributed by atoms with Crippen LogP contribution in [0.4, 0.5) is 0 Å². The van der Waals surface area contributed by atoms with Crippen LogP contribution in [-0.2, 0) is 38.0 Å². The number of allylic oxidation sites excluding steroid dienone is 14. The van der Waals surface area contributed by atoms with Crippen molar-refractivity contribution < 1.29 is 73.8 Å². The van der Waals surface area contributed by atoms with Crippen molar-refractivity contribution in [1.29, 1.82) is 0 Å². The first-order valence-electron chi connectivity index (χ1n) is 26.2. The van der Waals surface area contributed by atoms with E-state index >= 15 is 0 Å². The Hall–Kier alpha value is -3.32. The Morgan fingerprint density at radius 2 is 0.929 bits per heavy atom. The van der Waals surface area contributed by atoms with Crippen molar-refractivity contribution in [2.24, 2.45) is 0 Å². The predicted octanol–water partition coefficient (Wildman–Crippen LogP) is 7.60. The Labute approximate surface area is 418 Å². The van der Waals surface area contributed by atoms with Crippen molar-refractivity contribution in [3.63, 3.8) is 0 Å². The monoisotopic (exact) mass is 991 g/mol. The van der Waals surface area contributed by atoms with Gasteiger partial charge in [-0.2, -0.15) is 0 Å². The van der Waals surface area contributed by atoms with Crippen LogP contribution in [0.15, 0.2) is 85.1 Å².